The van der Waals surface area contributed by atoms with E-state index >= 15 is 0 Å². The van der Waals surface area contributed by atoms with Crippen LogP contribution in [0.1, 0.15) is 0 Å². The third-order valence-electron chi connectivity index (χ3n) is 3.96. The highest BCUT2D eigenvalue weighted by Crippen LogP contribution is 2.37. The zero-order valence-electron chi connectivity index (χ0n) is 11.8. The second-order valence-corrected chi connectivity index (χ2v) is 5.46. The maximum Gasteiger partial charge on any atom is 0.229 e. The Morgan fingerprint density at radius 3 is 2.13 bits per heavy atom. The van der Waals surface area contributed by atoms with Gasteiger partial charge >= 0.3 is 0 Å². The van der Waals surface area contributed by atoms with Crippen molar-refractivity contribution in [2.75, 3.05) is 20.0 Å². The molecule has 2 saturated heterocycles. The fourth-order valence-corrected chi connectivity index (χ4v) is 2.56. The molecule has 0 radical (unpaired) electrons. The molecule has 0 saturated carbocycles. The first-order valence-electron chi connectivity index (χ1n) is 6.91. The molecule has 0 aromatic rings. The quantitative estimate of drug-likeness (QED) is 0.370. The highest BCUT2D eigenvalue weighted by molar-refractivity contribution is 4.98. The molecule has 0 spiro atoms. The summed E-state index contributed by atoms with van der Waals surface area (Å²) in [6, 6.07) is 0. The summed E-state index contributed by atoms with van der Waals surface area (Å²) in [5.41, 5.74) is 0. The van der Waals surface area contributed by atoms with Gasteiger partial charge in [-0.1, -0.05) is 0 Å². The van der Waals surface area contributed by atoms with Crippen molar-refractivity contribution in [2.45, 2.75) is 54.9 Å². The first-order chi connectivity index (χ1) is 10.8. The van der Waals surface area contributed by atoms with Gasteiger partial charge in [-0.25, -0.2) is 13.2 Å². The first kappa shape index (κ1) is 18.8. The molecule has 0 aromatic heterocycles. The fourth-order valence-electron chi connectivity index (χ4n) is 2.56. The van der Waals surface area contributed by atoms with E-state index in [1.54, 1.807) is 0 Å². The molecule has 11 heteroatoms. The predicted molar refractivity (Wildman–Crippen MR) is 65.3 cm³/mol. The highest BCUT2D eigenvalue weighted by atomic mass is 19.1. The van der Waals surface area contributed by atoms with Gasteiger partial charge in [0.05, 0.1) is 6.61 Å². The van der Waals surface area contributed by atoms with Crippen molar-refractivity contribution in [2.24, 2.45) is 0 Å². The summed E-state index contributed by atoms with van der Waals surface area (Å²) in [5.74, 6) is -2.56. The zero-order chi connectivity index (χ0) is 17.4. The SMILES string of the molecule is OC[C@H]1O[C@H](O[C@]2(CF)O[C@H](CF)[C@@H](O)[C@@H]2O)[C@H](O)[C@@H](O)[C@H]1F. The number of aliphatic hydroxyl groups excluding tert-OH is 5. The minimum atomic E-state index is -2.56. The van der Waals surface area contributed by atoms with Gasteiger partial charge in [-0.05, 0) is 0 Å². The van der Waals surface area contributed by atoms with Crippen LogP contribution in [0.4, 0.5) is 13.2 Å². The van der Waals surface area contributed by atoms with Gasteiger partial charge in [0.2, 0.25) is 5.79 Å². The van der Waals surface area contributed by atoms with E-state index in [0.29, 0.717) is 0 Å². The van der Waals surface area contributed by atoms with Crippen LogP contribution in [0.25, 0.3) is 0 Å². The summed E-state index contributed by atoms with van der Waals surface area (Å²) in [5, 5.41) is 47.7. The lowest BCUT2D eigenvalue weighted by Gasteiger charge is -2.42. The predicted octanol–water partition coefficient (Wildman–Crippen LogP) is -2.46. The highest BCUT2D eigenvalue weighted by Gasteiger charge is 2.59. The average molecular weight is 348 g/mol. The largest absolute Gasteiger partial charge is 0.394 e. The van der Waals surface area contributed by atoms with Crippen LogP contribution in [-0.4, -0.2) is 100 Å². The molecule has 2 rings (SSSR count). The van der Waals surface area contributed by atoms with Crippen LogP contribution in [-0.2, 0) is 14.2 Å². The Hall–Kier alpha value is -0.530. The molecule has 2 heterocycles. The number of halogens is 3. The van der Waals surface area contributed by atoms with Crippen molar-refractivity contribution in [3.05, 3.63) is 0 Å². The second-order valence-electron chi connectivity index (χ2n) is 5.46. The Kier molecular flexibility index (Phi) is 5.85. The third-order valence-corrected chi connectivity index (χ3v) is 3.96. The lowest BCUT2D eigenvalue weighted by molar-refractivity contribution is -0.376. The zero-order valence-corrected chi connectivity index (χ0v) is 11.8. The second kappa shape index (κ2) is 7.15. The van der Waals surface area contributed by atoms with Gasteiger partial charge in [-0.2, -0.15) is 0 Å². The fraction of sp³-hybridized carbons (Fsp3) is 1.00. The third kappa shape index (κ3) is 3.20. The van der Waals surface area contributed by atoms with E-state index in [2.05, 4.69) is 0 Å². The standard InChI is InChI=1S/C12H19F3O8/c13-1-4-7(17)10(20)12(3-14,22-4)23-11-9(19)8(18)6(15)5(2-16)21-11/h4-11,16-20H,1-3H2/t4-,5-,6+,7-,8+,9-,10+,11-,12+/m1/s1. The number of ether oxygens (including phenoxy) is 3. The Balaban J connectivity index is 2.18. The molecule has 0 bridgehead atoms. The number of hydrogen-bond donors (Lipinski definition) is 5. The maximum absolute atomic E-state index is 13.6. The van der Waals surface area contributed by atoms with E-state index in [4.69, 9.17) is 19.3 Å². The summed E-state index contributed by atoms with van der Waals surface area (Å²) in [7, 11) is 0. The van der Waals surface area contributed by atoms with Crippen molar-refractivity contribution in [1.82, 2.24) is 0 Å². The van der Waals surface area contributed by atoms with Gasteiger partial charge < -0.3 is 39.7 Å². The van der Waals surface area contributed by atoms with Crippen molar-refractivity contribution < 1.29 is 52.9 Å². The first-order valence-corrected chi connectivity index (χ1v) is 6.91. The molecule has 0 amide bonds. The van der Waals surface area contributed by atoms with Gasteiger partial charge in [0, 0.05) is 0 Å². The van der Waals surface area contributed by atoms with Crippen molar-refractivity contribution in [3.63, 3.8) is 0 Å². The average Bonchev–Trinajstić information content (AvgIpc) is 2.80. The van der Waals surface area contributed by atoms with E-state index in [0.717, 1.165) is 0 Å². The van der Waals surface area contributed by atoms with Crippen LogP contribution >= 0.6 is 0 Å². The molecular formula is C12H19F3O8. The van der Waals surface area contributed by atoms with Crippen molar-refractivity contribution >= 4 is 0 Å². The molecule has 0 aromatic carbocycles. The van der Waals surface area contributed by atoms with E-state index < -0.39 is 74.8 Å². The molecule has 5 N–H and O–H groups in total. The number of hydrogen-bond acceptors (Lipinski definition) is 8. The van der Waals surface area contributed by atoms with E-state index in [-0.39, 0.29) is 0 Å². The minimum Gasteiger partial charge on any atom is -0.394 e. The lowest BCUT2D eigenvalue weighted by Crippen LogP contribution is -2.61. The van der Waals surface area contributed by atoms with Gasteiger partial charge in [0.15, 0.2) is 12.5 Å². The summed E-state index contributed by atoms with van der Waals surface area (Å²) < 4.78 is 54.4. The van der Waals surface area contributed by atoms with Gasteiger partial charge in [-0.15, -0.1) is 0 Å². The van der Waals surface area contributed by atoms with Crippen LogP contribution in [0.5, 0.6) is 0 Å². The van der Waals surface area contributed by atoms with Crippen LogP contribution in [0.3, 0.4) is 0 Å². The van der Waals surface area contributed by atoms with E-state index in [1.165, 1.54) is 0 Å². The van der Waals surface area contributed by atoms with Gasteiger partial charge in [0.25, 0.3) is 0 Å². The van der Waals surface area contributed by atoms with E-state index in [1.807, 2.05) is 0 Å². The van der Waals surface area contributed by atoms with Crippen molar-refractivity contribution in [3.8, 4) is 0 Å². The van der Waals surface area contributed by atoms with Gasteiger partial charge in [0.1, 0.15) is 50.0 Å². The van der Waals surface area contributed by atoms with Crippen LogP contribution in [0, 0.1) is 0 Å². The smallest absolute Gasteiger partial charge is 0.229 e. The molecule has 2 fully saturated rings. The summed E-state index contributed by atoms with van der Waals surface area (Å²) >= 11 is 0. The monoisotopic (exact) mass is 348 g/mol. The van der Waals surface area contributed by atoms with Crippen LogP contribution in [0.2, 0.25) is 0 Å². The maximum atomic E-state index is 13.6. The van der Waals surface area contributed by atoms with Crippen LogP contribution in [0.15, 0.2) is 0 Å². The van der Waals surface area contributed by atoms with Gasteiger partial charge in [-0.3, -0.25) is 0 Å². The molecular weight excluding hydrogens is 329 g/mol. The Labute approximate surface area is 129 Å². The Morgan fingerprint density at radius 2 is 1.65 bits per heavy atom. The minimum absolute atomic E-state index is 0.868. The number of alkyl halides is 3. The molecule has 0 aliphatic carbocycles. The molecule has 8 nitrogen and oxygen atoms in total. The summed E-state index contributed by atoms with van der Waals surface area (Å²) in [6.07, 6.45) is -15.0. The summed E-state index contributed by atoms with van der Waals surface area (Å²) in [4.78, 5) is 0. The topological polar surface area (TPSA) is 129 Å². The molecule has 136 valence electrons. The van der Waals surface area contributed by atoms with E-state index in [9.17, 15) is 33.6 Å². The summed E-state index contributed by atoms with van der Waals surface area (Å²) in [6.45, 7) is -3.66. The Morgan fingerprint density at radius 1 is 1.00 bits per heavy atom. The van der Waals surface area contributed by atoms with Crippen molar-refractivity contribution in [1.29, 1.82) is 0 Å². The number of rotatable bonds is 5. The molecule has 2 aliphatic heterocycles. The molecule has 23 heavy (non-hydrogen) atoms. The molecule has 0 unspecified atom stereocenters. The number of aliphatic hydroxyl groups is 5. The van der Waals surface area contributed by atoms with Crippen LogP contribution < -0.4 is 0 Å². The Bertz CT molecular complexity index is 403. The molecule has 2 aliphatic rings. The normalized spacial score (nSPS) is 51.1. The molecule has 9 atom stereocenters. The lowest BCUT2D eigenvalue weighted by atomic mass is 10.00.